The van der Waals surface area contributed by atoms with E-state index in [1.54, 1.807) is 12.1 Å². The number of halogens is 2. The number of nitrogens with zero attached hydrogens (tertiary/aromatic N) is 3. The van der Waals surface area contributed by atoms with E-state index in [9.17, 15) is 4.39 Å². The number of benzene rings is 1. The molecule has 0 spiro atoms. The van der Waals surface area contributed by atoms with Gasteiger partial charge in [0.15, 0.2) is 0 Å². The molecular formula is C16H15ClFN3. The zero-order chi connectivity index (χ0) is 15.0. The number of fused-ring (bicyclic) bond motifs is 1. The van der Waals surface area contributed by atoms with Crippen LogP contribution < -0.4 is 0 Å². The Morgan fingerprint density at radius 1 is 1.29 bits per heavy atom. The van der Waals surface area contributed by atoms with Gasteiger partial charge >= 0.3 is 0 Å². The maximum atomic E-state index is 13.2. The minimum Gasteiger partial charge on any atom is -0.237 e. The van der Waals surface area contributed by atoms with Crippen LogP contribution in [0.15, 0.2) is 36.8 Å². The first-order valence-corrected chi connectivity index (χ1v) is 7.19. The molecule has 0 N–H and O–H groups in total. The maximum Gasteiger partial charge on any atom is 0.141 e. The lowest BCUT2D eigenvalue weighted by Gasteiger charge is -2.08. The minimum atomic E-state index is -0.404. The van der Waals surface area contributed by atoms with Crippen molar-refractivity contribution in [3.8, 4) is 0 Å². The fourth-order valence-corrected chi connectivity index (χ4v) is 2.69. The van der Waals surface area contributed by atoms with Gasteiger partial charge in [-0.05, 0) is 35.2 Å². The summed E-state index contributed by atoms with van der Waals surface area (Å²) < 4.78 is 15.1. The molecule has 0 saturated carbocycles. The first-order chi connectivity index (χ1) is 10.1. The SMILES string of the molecule is CC(C)c1ccn2ncnc(Cc3ccc(F)c(Cl)c3)c12. The fourth-order valence-electron chi connectivity index (χ4n) is 2.48. The third kappa shape index (κ3) is 2.63. The lowest BCUT2D eigenvalue weighted by Crippen LogP contribution is -2.02. The van der Waals surface area contributed by atoms with E-state index in [2.05, 4.69) is 30.0 Å². The molecule has 0 aliphatic heterocycles. The van der Waals surface area contributed by atoms with Crippen LogP contribution >= 0.6 is 11.6 Å². The Bertz CT molecular complexity index is 795. The summed E-state index contributed by atoms with van der Waals surface area (Å²) in [4.78, 5) is 4.40. The predicted molar refractivity (Wildman–Crippen MR) is 81.3 cm³/mol. The van der Waals surface area contributed by atoms with Crippen molar-refractivity contribution in [3.05, 3.63) is 64.5 Å². The standard InChI is InChI=1S/C16H15ClFN3/c1-10(2)12-5-6-21-16(12)15(19-9-20-21)8-11-3-4-14(18)13(17)7-11/h3-7,9-10H,8H2,1-2H3. The Hall–Kier alpha value is -1.94. The Morgan fingerprint density at radius 3 is 2.81 bits per heavy atom. The van der Waals surface area contributed by atoms with Crippen LogP contribution in [-0.2, 0) is 6.42 Å². The van der Waals surface area contributed by atoms with E-state index >= 15 is 0 Å². The van der Waals surface area contributed by atoms with Gasteiger partial charge in [-0.3, -0.25) is 0 Å². The molecule has 0 unspecified atom stereocenters. The van der Waals surface area contributed by atoms with Crippen molar-refractivity contribution >= 4 is 17.1 Å². The Labute approximate surface area is 127 Å². The van der Waals surface area contributed by atoms with Crippen LogP contribution in [0.2, 0.25) is 5.02 Å². The molecule has 0 bridgehead atoms. The van der Waals surface area contributed by atoms with Gasteiger partial charge in [0.05, 0.1) is 16.2 Å². The Balaban J connectivity index is 2.07. The molecule has 0 saturated heterocycles. The molecule has 2 heterocycles. The van der Waals surface area contributed by atoms with Gasteiger partial charge in [0.1, 0.15) is 12.1 Å². The highest BCUT2D eigenvalue weighted by Crippen LogP contribution is 2.25. The zero-order valence-electron chi connectivity index (χ0n) is 11.8. The quantitative estimate of drug-likeness (QED) is 0.724. The lowest BCUT2D eigenvalue weighted by molar-refractivity contribution is 0.627. The van der Waals surface area contributed by atoms with Gasteiger partial charge in [0, 0.05) is 12.6 Å². The largest absolute Gasteiger partial charge is 0.237 e. The molecule has 3 nitrogen and oxygen atoms in total. The Kier molecular flexibility index (Phi) is 3.64. The van der Waals surface area contributed by atoms with E-state index < -0.39 is 5.82 Å². The molecule has 0 aliphatic rings. The number of hydrogen-bond donors (Lipinski definition) is 0. The molecule has 21 heavy (non-hydrogen) atoms. The molecule has 108 valence electrons. The molecular weight excluding hydrogens is 289 g/mol. The topological polar surface area (TPSA) is 30.2 Å². The van der Waals surface area contributed by atoms with Crippen molar-refractivity contribution in [3.63, 3.8) is 0 Å². The minimum absolute atomic E-state index is 0.136. The summed E-state index contributed by atoms with van der Waals surface area (Å²) in [6.45, 7) is 4.28. The van der Waals surface area contributed by atoms with Crippen LogP contribution in [0, 0.1) is 5.82 Å². The van der Waals surface area contributed by atoms with Crippen molar-refractivity contribution in [1.29, 1.82) is 0 Å². The van der Waals surface area contributed by atoms with E-state index in [4.69, 9.17) is 11.6 Å². The average Bonchev–Trinajstić information content (AvgIpc) is 2.88. The average molecular weight is 304 g/mol. The summed E-state index contributed by atoms with van der Waals surface area (Å²) in [5.74, 6) is -0.0182. The molecule has 0 fully saturated rings. The van der Waals surface area contributed by atoms with E-state index in [0.717, 1.165) is 16.8 Å². The number of hydrogen-bond acceptors (Lipinski definition) is 2. The van der Waals surface area contributed by atoms with Crippen LogP contribution in [0.3, 0.4) is 0 Å². The molecule has 3 aromatic rings. The van der Waals surface area contributed by atoms with Crippen molar-refractivity contribution < 1.29 is 4.39 Å². The molecule has 2 aromatic heterocycles. The third-order valence-corrected chi connectivity index (χ3v) is 3.83. The predicted octanol–water partition coefficient (Wildman–Crippen LogP) is 4.24. The first-order valence-electron chi connectivity index (χ1n) is 6.81. The lowest BCUT2D eigenvalue weighted by atomic mass is 10.0. The highest BCUT2D eigenvalue weighted by Gasteiger charge is 2.13. The molecule has 0 radical (unpaired) electrons. The van der Waals surface area contributed by atoms with Crippen molar-refractivity contribution in [1.82, 2.24) is 14.6 Å². The van der Waals surface area contributed by atoms with Gasteiger partial charge in [0.25, 0.3) is 0 Å². The molecule has 0 aliphatic carbocycles. The molecule has 5 heteroatoms. The molecule has 3 rings (SSSR count). The summed E-state index contributed by atoms with van der Waals surface area (Å²) in [6, 6.07) is 6.83. The molecule has 0 amide bonds. The second kappa shape index (κ2) is 5.45. The van der Waals surface area contributed by atoms with Crippen LogP contribution in [0.5, 0.6) is 0 Å². The van der Waals surface area contributed by atoms with Crippen molar-refractivity contribution in [2.24, 2.45) is 0 Å². The summed E-state index contributed by atoms with van der Waals surface area (Å²) in [6.07, 6.45) is 4.07. The van der Waals surface area contributed by atoms with E-state index in [0.29, 0.717) is 12.3 Å². The van der Waals surface area contributed by atoms with Gasteiger partial charge < -0.3 is 0 Å². The number of aromatic nitrogens is 3. The van der Waals surface area contributed by atoms with Crippen LogP contribution in [0.25, 0.3) is 5.52 Å². The van der Waals surface area contributed by atoms with Crippen LogP contribution in [0.4, 0.5) is 4.39 Å². The molecule has 0 atom stereocenters. The van der Waals surface area contributed by atoms with Gasteiger partial charge in [-0.2, -0.15) is 5.10 Å². The monoisotopic (exact) mass is 303 g/mol. The van der Waals surface area contributed by atoms with Gasteiger partial charge in [0.2, 0.25) is 0 Å². The smallest absolute Gasteiger partial charge is 0.141 e. The zero-order valence-corrected chi connectivity index (χ0v) is 12.6. The second-order valence-electron chi connectivity index (χ2n) is 5.35. The maximum absolute atomic E-state index is 13.2. The summed E-state index contributed by atoms with van der Waals surface area (Å²) in [5.41, 5.74) is 4.08. The van der Waals surface area contributed by atoms with E-state index in [-0.39, 0.29) is 5.02 Å². The molecule has 1 aromatic carbocycles. The van der Waals surface area contributed by atoms with E-state index in [1.165, 1.54) is 18.0 Å². The Morgan fingerprint density at radius 2 is 2.10 bits per heavy atom. The normalized spacial score (nSPS) is 11.5. The van der Waals surface area contributed by atoms with Crippen molar-refractivity contribution in [2.45, 2.75) is 26.2 Å². The third-order valence-electron chi connectivity index (χ3n) is 3.54. The van der Waals surface area contributed by atoms with Crippen molar-refractivity contribution in [2.75, 3.05) is 0 Å². The van der Waals surface area contributed by atoms with Crippen LogP contribution in [-0.4, -0.2) is 14.6 Å². The fraction of sp³-hybridized carbons (Fsp3) is 0.250. The van der Waals surface area contributed by atoms with Gasteiger partial charge in [-0.15, -0.1) is 0 Å². The summed E-state index contributed by atoms with van der Waals surface area (Å²) in [7, 11) is 0. The van der Waals surface area contributed by atoms with Gasteiger partial charge in [-0.25, -0.2) is 13.9 Å². The summed E-state index contributed by atoms with van der Waals surface area (Å²) in [5, 5.41) is 4.37. The van der Waals surface area contributed by atoms with E-state index in [1.807, 2.05) is 10.7 Å². The summed E-state index contributed by atoms with van der Waals surface area (Å²) >= 11 is 5.85. The van der Waals surface area contributed by atoms with Crippen LogP contribution in [0.1, 0.15) is 36.6 Å². The second-order valence-corrected chi connectivity index (χ2v) is 5.76. The number of rotatable bonds is 3. The highest BCUT2D eigenvalue weighted by molar-refractivity contribution is 6.30. The highest BCUT2D eigenvalue weighted by atomic mass is 35.5. The first kappa shape index (κ1) is 14.0. The van der Waals surface area contributed by atoms with Gasteiger partial charge in [-0.1, -0.05) is 31.5 Å².